The normalized spacial score (nSPS) is 30.1. The van der Waals surface area contributed by atoms with Crippen LogP contribution < -0.4 is 5.73 Å². The van der Waals surface area contributed by atoms with Crippen molar-refractivity contribution in [3.63, 3.8) is 0 Å². The predicted octanol–water partition coefficient (Wildman–Crippen LogP) is 1.46. The van der Waals surface area contributed by atoms with Crippen molar-refractivity contribution >= 4 is 0 Å². The summed E-state index contributed by atoms with van der Waals surface area (Å²) in [6, 6.07) is 4.61. The van der Waals surface area contributed by atoms with E-state index in [0.29, 0.717) is 23.8 Å². The largest absolute Gasteiger partial charge is 0.506 e. The minimum absolute atomic E-state index is 0.354. The number of nitrogens with zero attached hydrogens (tertiary/aromatic N) is 2. The molecule has 0 atom stereocenters. The summed E-state index contributed by atoms with van der Waals surface area (Å²) in [5.74, 6) is 0.782. The van der Waals surface area contributed by atoms with Crippen molar-refractivity contribution < 1.29 is 5.11 Å². The lowest BCUT2D eigenvalue weighted by atomic mass is 9.82. The van der Waals surface area contributed by atoms with E-state index in [2.05, 4.69) is 9.88 Å². The van der Waals surface area contributed by atoms with Gasteiger partial charge in [-0.3, -0.25) is 9.88 Å². The van der Waals surface area contributed by atoms with Crippen LogP contribution >= 0.6 is 0 Å². The standard InChI is InChI=1S/C14H21N3O/c15-11-8-17(9-11)12-5-3-10(4-6-12)14-13(18)2-1-7-16-14/h1-2,7,10-12,18H,3-6,8-9,15H2. The third kappa shape index (κ3) is 2.22. The zero-order chi connectivity index (χ0) is 12.5. The minimum atomic E-state index is 0.354. The van der Waals surface area contributed by atoms with Gasteiger partial charge >= 0.3 is 0 Å². The molecule has 2 heterocycles. The molecule has 1 aliphatic heterocycles. The van der Waals surface area contributed by atoms with Crippen molar-refractivity contribution in [2.24, 2.45) is 5.73 Å². The van der Waals surface area contributed by atoms with Crippen LogP contribution in [0.2, 0.25) is 0 Å². The van der Waals surface area contributed by atoms with Gasteiger partial charge < -0.3 is 10.8 Å². The average Bonchev–Trinajstić information content (AvgIpc) is 2.36. The molecule has 0 amide bonds. The molecule has 1 saturated heterocycles. The van der Waals surface area contributed by atoms with Gasteiger partial charge in [0.25, 0.3) is 0 Å². The first-order valence-corrected chi connectivity index (χ1v) is 6.87. The lowest BCUT2D eigenvalue weighted by Crippen LogP contribution is -2.59. The summed E-state index contributed by atoms with van der Waals surface area (Å²) in [7, 11) is 0. The summed E-state index contributed by atoms with van der Waals surface area (Å²) in [5, 5.41) is 9.84. The van der Waals surface area contributed by atoms with E-state index < -0.39 is 0 Å². The highest BCUT2D eigenvalue weighted by Crippen LogP contribution is 2.37. The Hall–Kier alpha value is -1.13. The lowest BCUT2D eigenvalue weighted by molar-refractivity contribution is 0.0675. The Bertz CT molecular complexity index is 409. The van der Waals surface area contributed by atoms with Crippen molar-refractivity contribution in [3.05, 3.63) is 24.0 Å². The van der Waals surface area contributed by atoms with E-state index in [-0.39, 0.29) is 0 Å². The van der Waals surface area contributed by atoms with E-state index >= 15 is 0 Å². The molecular weight excluding hydrogens is 226 g/mol. The van der Waals surface area contributed by atoms with Gasteiger partial charge in [0.15, 0.2) is 0 Å². The second-order valence-electron chi connectivity index (χ2n) is 5.63. The average molecular weight is 247 g/mol. The van der Waals surface area contributed by atoms with Crippen LogP contribution in [-0.2, 0) is 0 Å². The SMILES string of the molecule is NC1CN(C2CCC(c3ncccc3O)CC2)C1. The Kier molecular flexibility index (Phi) is 3.22. The molecule has 4 nitrogen and oxygen atoms in total. The molecule has 0 radical (unpaired) electrons. The van der Waals surface area contributed by atoms with Gasteiger partial charge in [0.2, 0.25) is 0 Å². The van der Waals surface area contributed by atoms with Crippen molar-refractivity contribution in [3.8, 4) is 5.75 Å². The Morgan fingerprint density at radius 2 is 1.94 bits per heavy atom. The van der Waals surface area contributed by atoms with Gasteiger partial charge in [-0.25, -0.2) is 0 Å². The number of rotatable bonds is 2. The van der Waals surface area contributed by atoms with Crippen LogP contribution in [0.5, 0.6) is 5.75 Å². The minimum Gasteiger partial charge on any atom is -0.506 e. The summed E-state index contributed by atoms with van der Waals surface area (Å²) in [4.78, 5) is 6.83. The monoisotopic (exact) mass is 247 g/mol. The third-order valence-corrected chi connectivity index (χ3v) is 4.35. The van der Waals surface area contributed by atoms with E-state index in [4.69, 9.17) is 5.73 Å². The highest BCUT2D eigenvalue weighted by molar-refractivity contribution is 5.28. The molecule has 0 bridgehead atoms. The van der Waals surface area contributed by atoms with Crippen molar-refractivity contribution in [2.75, 3.05) is 13.1 Å². The molecule has 98 valence electrons. The smallest absolute Gasteiger partial charge is 0.137 e. The maximum absolute atomic E-state index is 9.84. The van der Waals surface area contributed by atoms with Gasteiger partial charge in [-0.05, 0) is 37.8 Å². The zero-order valence-electron chi connectivity index (χ0n) is 10.6. The van der Waals surface area contributed by atoms with Gasteiger partial charge in [-0.15, -0.1) is 0 Å². The van der Waals surface area contributed by atoms with E-state index in [9.17, 15) is 5.11 Å². The van der Waals surface area contributed by atoms with E-state index in [1.165, 1.54) is 12.8 Å². The van der Waals surface area contributed by atoms with E-state index in [1.54, 1.807) is 18.3 Å². The molecule has 1 aromatic heterocycles. The van der Waals surface area contributed by atoms with E-state index in [0.717, 1.165) is 31.6 Å². The topological polar surface area (TPSA) is 62.4 Å². The quantitative estimate of drug-likeness (QED) is 0.830. The van der Waals surface area contributed by atoms with Crippen LogP contribution in [0.25, 0.3) is 0 Å². The van der Waals surface area contributed by atoms with E-state index in [1.807, 2.05) is 0 Å². The molecule has 0 aromatic carbocycles. The maximum atomic E-state index is 9.84. The summed E-state index contributed by atoms with van der Waals surface area (Å²) in [5.41, 5.74) is 6.71. The van der Waals surface area contributed by atoms with Crippen LogP contribution in [0.1, 0.15) is 37.3 Å². The number of aromatic nitrogens is 1. The second-order valence-corrected chi connectivity index (χ2v) is 5.63. The predicted molar refractivity (Wildman–Crippen MR) is 70.4 cm³/mol. The fourth-order valence-electron chi connectivity index (χ4n) is 3.29. The first-order valence-electron chi connectivity index (χ1n) is 6.87. The summed E-state index contributed by atoms with van der Waals surface area (Å²) in [6.07, 6.45) is 6.43. The number of nitrogens with two attached hydrogens (primary N) is 1. The second kappa shape index (κ2) is 4.86. The van der Waals surface area contributed by atoms with Crippen molar-refractivity contribution in [2.45, 2.75) is 43.7 Å². The third-order valence-electron chi connectivity index (χ3n) is 4.35. The summed E-state index contributed by atoms with van der Waals surface area (Å²) < 4.78 is 0. The van der Waals surface area contributed by atoms with Crippen LogP contribution in [0, 0.1) is 0 Å². The van der Waals surface area contributed by atoms with Crippen molar-refractivity contribution in [1.29, 1.82) is 0 Å². The molecule has 1 saturated carbocycles. The van der Waals surface area contributed by atoms with Crippen LogP contribution in [-0.4, -0.2) is 40.2 Å². The molecule has 2 aliphatic rings. The number of aromatic hydroxyl groups is 1. The fourth-order valence-corrected chi connectivity index (χ4v) is 3.29. The molecule has 3 rings (SSSR count). The maximum Gasteiger partial charge on any atom is 0.137 e. The first kappa shape index (κ1) is 11.9. The van der Waals surface area contributed by atoms with Gasteiger partial charge in [0, 0.05) is 37.3 Å². The Balaban J connectivity index is 1.58. The molecule has 1 aromatic rings. The molecule has 2 fully saturated rings. The molecule has 18 heavy (non-hydrogen) atoms. The number of hydrogen-bond acceptors (Lipinski definition) is 4. The molecular formula is C14H21N3O. The molecule has 3 N–H and O–H groups in total. The fraction of sp³-hybridized carbons (Fsp3) is 0.643. The summed E-state index contributed by atoms with van der Waals surface area (Å²) in [6.45, 7) is 2.12. The molecule has 1 aliphatic carbocycles. The molecule has 4 heteroatoms. The van der Waals surface area contributed by atoms with Crippen molar-refractivity contribution in [1.82, 2.24) is 9.88 Å². The van der Waals surface area contributed by atoms with Gasteiger partial charge in [-0.1, -0.05) is 0 Å². The highest BCUT2D eigenvalue weighted by Gasteiger charge is 2.33. The first-order chi connectivity index (χ1) is 8.74. The van der Waals surface area contributed by atoms with Crippen LogP contribution in [0.4, 0.5) is 0 Å². The Morgan fingerprint density at radius 3 is 2.56 bits per heavy atom. The zero-order valence-corrected chi connectivity index (χ0v) is 10.6. The van der Waals surface area contributed by atoms with Gasteiger partial charge in [0.1, 0.15) is 5.75 Å². The molecule has 0 spiro atoms. The van der Waals surface area contributed by atoms with Crippen LogP contribution in [0.15, 0.2) is 18.3 Å². The van der Waals surface area contributed by atoms with Gasteiger partial charge in [0.05, 0.1) is 5.69 Å². The highest BCUT2D eigenvalue weighted by atomic mass is 16.3. The Labute approximate surface area is 108 Å². The Morgan fingerprint density at radius 1 is 1.22 bits per heavy atom. The summed E-state index contributed by atoms with van der Waals surface area (Å²) >= 11 is 0. The number of pyridine rings is 1. The molecule has 0 unspecified atom stereocenters. The number of likely N-dealkylation sites (tertiary alicyclic amines) is 1. The lowest BCUT2D eigenvalue weighted by Gasteiger charge is -2.45. The number of hydrogen-bond donors (Lipinski definition) is 2. The van der Waals surface area contributed by atoms with Gasteiger partial charge in [-0.2, -0.15) is 0 Å². The van der Waals surface area contributed by atoms with Crippen LogP contribution in [0.3, 0.4) is 0 Å².